The first kappa shape index (κ1) is 41.5. The number of rotatable bonds is 26. The molecule has 8 nitrogen and oxygen atoms in total. The zero-order chi connectivity index (χ0) is 27.1. The number of nitrogens with two attached hydrogens (primary N) is 3. The second kappa shape index (κ2) is 27.6. The maximum Gasteiger partial charge on any atom is 0.326 e. The Morgan fingerprint density at radius 2 is 1.16 bits per heavy atom. The van der Waals surface area contributed by atoms with Gasteiger partial charge in [0.2, 0.25) is 5.91 Å². The smallest absolute Gasteiger partial charge is 0.326 e. The van der Waals surface area contributed by atoms with Gasteiger partial charge in [0.1, 0.15) is 6.04 Å². The number of Topliss-reactive ketones (excluding diaryl/α,β-unsaturated/α-hetero) is 1. The average molecular weight is 586 g/mol. The Morgan fingerprint density at radius 3 is 1.61 bits per heavy atom. The van der Waals surface area contributed by atoms with Gasteiger partial charge in [-0.2, -0.15) is 0 Å². The van der Waals surface area contributed by atoms with Crippen LogP contribution in [-0.4, -0.2) is 47.4 Å². The molecule has 0 aromatic carbocycles. The number of carbonyl (C=O) groups is 3. The van der Waals surface area contributed by atoms with Crippen LogP contribution in [-0.2, 0) is 14.4 Å². The van der Waals surface area contributed by atoms with E-state index in [2.05, 4.69) is 12.2 Å². The number of ketones is 1. The van der Waals surface area contributed by atoms with E-state index in [9.17, 15) is 19.5 Å². The molecule has 0 saturated heterocycles. The van der Waals surface area contributed by atoms with Crippen LogP contribution in [0.15, 0.2) is 0 Å². The van der Waals surface area contributed by atoms with Crippen molar-refractivity contribution in [1.29, 1.82) is 0 Å². The number of hydrogen-bond acceptors (Lipinski definition) is 6. The van der Waals surface area contributed by atoms with Crippen LogP contribution in [0.3, 0.4) is 0 Å². The van der Waals surface area contributed by atoms with Gasteiger partial charge in [-0.25, -0.2) is 4.79 Å². The summed E-state index contributed by atoms with van der Waals surface area (Å²) in [5.74, 6) is -2.14. The largest absolute Gasteiger partial charge is 0.480 e. The van der Waals surface area contributed by atoms with E-state index in [1.54, 1.807) is 0 Å². The third-order valence-corrected chi connectivity index (χ3v) is 6.99. The van der Waals surface area contributed by atoms with Gasteiger partial charge in [0.15, 0.2) is 11.3 Å². The number of halogens is 2. The van der Waals surface area contributed by atoms with Gasteiger partial charge in [-0.3, -0.25) is 9.59 Å². The molecular weight excluding hydrogens is 527 g/mol. The van der Waals surface area contributed by atoms with Gasteiger partial charge < -0.3 is 27.6 Å². The highest BCUT2D eigenvalue weighted by Crippen LogP contribution is 2.19. The third kappa shape index (κ3) is 20.0. The molecule has 0 rings (SSSR count). The predicted octanol–water partition coefficient (Wildman–Crippen LogP) is 5.41. The number of carbonyl (C=O) groups excluding carboxylic acids is 2. The monoisotopic (exact) mass is 584 g/mol. The molecule has 10 heteroatoms. The summed E-state index contributed by atoms with van der Waals surface area (Å²) < 4.78 is 0. The van der Waals surface area contributed by atoms with Gasteiger partial charge >= 0.3 is 5.97 Å². The molecule has 8 N–H and O–H groups in total. The van der Waals surface area contributed by atoms with Crippen LogP contribution in [0.25, 0.3) is 0 Å². The molecule has 1 amide bonds. The highest BCUT2D eigenvalue weighted by atomic mass is 35.5. The van der Waals surface area contributed by atoms with Crippen LogP contribution in [0.2, 0.25) is 0 Å². The van der Waals surface area contributed by atoms with Crippen molar-refractivity contribution in [2.24, 2.45) is 17.2 Å². The van der Waals surface area contributed by atoms with E-state index in [0.717, 1.165) is 19.3 Å². The van der Waals surface area contributed by atoms with Crippen LogP contribution in [0.5, 0.6) is 0 Å². The Bertz CT molecular complexity index is 599. The maximum absolute atomic E-state index is 13.0. The van der Waals surface area contributed by atoms with Crippen molar-refractivity contribution in [2.45, 2.75) is 147 Å². The maximum atomic E-state index is 13.0. The molecule has 0 unspecified atom stereocenters. The predicted molar refractivity (Wildman–Crippen MR) is 162 cm³/mol. The number of amides is 1. The SMILES string of the molecule is CCCCCCCCCCCCCCCC(=O)[C@](N)(CCCCN)C(=O)N[C@@H](CCCCN)C(=O)O.Cl.Cl. The van der Waals surface area contributed by atoms with E-state index in [0.29, 0.717) is 45.2 Å². The Balaban J connectivity index is -0.00000612. The van der Waals surface area contributed by atoms with Gasteiger partial charge in [-0.15, -0.1) is 24.8 Å². The van der Waals surface area contributed by atoms with Crippen molar-refractivity contribution in [3.8, 4) is 0 Å². The van der Waals surface area contributed by atoms with Gasteiger partial charge in [-0.05, 0) is 58.0 Å². The Kier molecular flexibility index (Phi) is 30.2. The molecule has 0 aliphatic carbocycles. The molecule has 0 aliphatic heterocycles. The van der Waals surface area contributed by atoms with Crippen molar-refractivity contribution in [3.05, 3.63) is 0 Å². The molecular formula is C28H58Cl2N4O4. The molecule has 0 fully saturated rings. The van der Waals surface area contributed by atoms with E-state index in [-0.39, 0.29) is 49.9 Å². The fourth-order valence-corrected chi connectivity index (χ4v) is 4.49. The average Bonchev–Trinajstić information content (AvgIpc) is 2.85. The fraction of sp³-hybridized carbons (Fsp3) is 0.893. The molecule has 0 aliphatic rings. The number of carboxylic acids is 1. The summed E-state index contributed by atoms with van der Waals surface area (Å²) in [6.45, 7) is 3.14. The normalized spacial score (nSPS) is 13.1. The second-order valence-electron chi connectivity index (χ2n) is 10.3. The molecule has 0 spiro atoms. The summed E-state index contributed by atoms with van der Waals surface area (Å²) in [4.78, 5) is 37.6. The highest BCUT2D eigenvalue weighted by molar-refractivity contribution is 6.11. The summed E-state index contributed by atoms with van der Waals surface area (Å²) in [7, 11) is 0. The first-order valence-electron chi connectivity index (χ1n) is 14.6. The van der Waals surface area contributed by atoms with Crippen molar-refractivity contribution >= 4 is 42.5 Å². The molecule has 38 heavy (non-hydrogen) atoms. The number of aliphatic carboxylic acids is 1. The number of carboxylic acid groups (broad SMARTS) is 1. The van der Waals surface area contributed by atoms with Crippen LogP contribution < -0.4 is 22.5 Å². The number of nitrogens with one attached hydrogen (secondary N) is 1. The minimum atomic E-state index is -1.71. The molecule has 228 valence electrons. The number of unbranched alkanes of at least 4 members (excludes halogenated alkanes) is 14. The van der Waals surface area contributed by atoms with E-state index in [1.807, 2.05) is 0 Å². The molecule has 0 saturated carbocycles. The van der Waals surface area contributed by atoms with E-state index in [4.69, 9.17) is 17.2 Å². The van der Waals surface area contributed by atoms with Crippen LogP contribution in [0.1, 0.15) is 135 Å². The lowest BCUT2D eigenvalue weighted by molar-refractivity contribution is -0.145. The molecule has 0 bridgehead atoms. The molecule has 0 radical (unpaired) electrons. The lowest BCUT2D eigenvalue weighted by Crippen LogP contribution is -2.62. The first-order valence-corrected chi connectivity index (χ1v) is 14.6. The molecule has 0 aromatic heterocycles. The zero-order valence-corrected chi connectivity index (χ0v) is 25.5. The third-order valence-electron chi connectivity index (χ3n) is 6.99. The summed E-state index contributed by atoms with van der Waals surface area (Å²) in [5, 5.41) is 12.0. The van der Waals surface area contributed by atoms with Gasteiger partial charge in [0.05, 0.1) is 0 Å². The molecule has 2 atom stereocenters. The van der Waals surface area contributed by atoms with Crippen molar-refractivity contribution in [2.75, 3.05) is 13.1 Å². The second-order valence-corrected chi connectivity index (χ2v) is 10.3. The quantitative estimate of drug-likeness (QED) is 0.0670. The minimum absolute atomic E-state index is 0. The first-order chi connectivity index (χ1) is 17.3. The topological polar surface area (TPSA) is 162 Å². The van der Waals surface area contributed by atoms with Crippen LogP contribution in [0, 0.1) is 0 Å². The van der Waals surface area contributed by atoms with Crippen molar-refractivity contribution < 1.29 is 19.5 Å². The summed E-state index contributed by atoms with van der Waals surface area (Å²) in [6, 6.07) is -1.08. The molecule has 0 aromatic rings. The Labute approximate surface area is 244 Å². The standard InChI is InChI=1S/C28H56N4O4.2ClH/c1-2-3-4-5-6-7-8-9-10-11-12-13-14-20-25(33)28(31,21-16-18-23-30)27(36)32-24(26(34)35)19-15-17-22-29;;/h24H,2-23,29-31H2,1H3,(H,32,36)(H,34,35);2*1H/t24-,28+;;/m0../s1. The van der Waals surface area contributed by atoms with E-state index < -0.39 is 23.5 Å². The zero-order valence-electron chi connectivity index (χ0n) is 23.9. The molecule has 0 heterocycles. The fourth-order valence-electron chi connectivity index (χ4n) is 4.49. The summed E-state index contributed by atoms with van der Waals surface area (Å²) in [6.07, 6.45) is 18.8. The van der Waals surface area contributed by atoms with E-state index in [1.165, 1.54) is 57.8 Å². The summed E-state index contributed by atoms with van der Waals surface area (Å²) in [5.41, 5.74) is 15.7. The number of hydrogen-bond donors (Lipinski definition) is 5. The van der Waals surface area contributed by atoms with E-state index >= 15 is 0 Å². The lowest BCUT2D eigenvalue weighted by Gasteiger charge is -2.28. The van der Waals surface area contributed by atoms with Crippen molar-refractivity contribution in [1.82, 2.24) is 5.32 Å². The van der Waals surface area contributed by atoms with Crippen molar-refractivity contribution in [3.63, 3.8) is 0 Å². The lowest BCUT2D eigenvalue weighted by atomic mass is 9.85. The van der Waals surface area contributed by atoms with Gasteiger partial charge in [0, 0.05) is 6.42 Å². The minimum Gasteiger partial charge on any atom is -0.480 e. The van der Waals surface area contributed by atoms with Crippen LogP contribution >= 0.6 is 24.8 Å². The van der Waals surface area contributed by atoms with Gasteiger partial charge in [0.25, 0.3) is 0 Å². The highest BCUT2D eigenvalue weighted by Gasteiger charge is 2.41. The van der Waals surface area contributed by atoms with Gasteiger partial charge in [-0.1, -0.05) is 84.0 Å². The van der Waals surface area contributed by atoms with Crippen LogP contribution in [0.4, 0.5) is 0 Å². The Morgan fingerprint density at radius 1 is 0.711 bits per heavy atom. The summed E-state index contributed by atoms with van der Waals surface area (Å²) >= 11 is 0. The Hall–Kier alpha value is -0.930.